The number of rotatable bonds is 7. The Morgan fingerprint density at radius 1 is 1.26 bits per heavy atom. The largest absolute Gasteiger partial charge is 0.385 e. The summed E-state index contributed by atoms with van der Waals surface area (Å²) in [4.78, 5) is 2.74. The number of hydrogen-bond donors (Lipinski definition) is 1. The lowest BCUT2D eigenvalue weighted by Gasteiger charge is -2.47. The first-order chi connectivity index (χ1) is 9.09. The molecule has 1 aliphatic carbocycles. The Kier molecular flexibility index (Phi) is 4.91. The number of nitrogens with zero attached hydrogens (tertiary/aromatic N) is 1. The molecule has 19 heavy (non-hydrogen) atoms. The minimum absolute atomic E-state index is 0.351. The van der Waals surface area contributed by atoms with Gasteiger partial charge in [-0.05, 0) is 44.4 Å². The first-order valence-electron chi connectivity index (χ1n) is 8.07. The molecule has 1 heterocycles. The third-order valence-electron chi connectivity index (χ3n) is 5.59. The average molecular weight is 268 g/mol. The molecule has 1 saturated heterocycles. The third kappa shape index (κ3) is 3.50. The van der Waals surface area contributed by atoms with Gasteiger partial charge in [-0.2, -0.15) is 0 Å². The van der Waals surface area contributed by atoms with Crippen LogP contribution in [0.1, 0.15) is 52.9 Å². The maximum absolute atomic E-state index is 5.29. The van der Waals surface area contributed by atoms with Crippen LogP contribution in [0.3, 0.4) is 0 Å². The first kappa shape index (κ1) is 15.3. The summed E-state index contributed by atoms with van der Waals surface area (Å²) in [7, 11) is 1.82. The molecule has 112 valence electrons. The van der Waals surface area contributed by atoms with Crippen molar-refractivity contribution in [2.45, 2.75) is 64.5 Å². The van der Waals surface area contributed by atoms with Gasteiger partial charge in [0.05, 0.1) is 0 Å². The van der Waals surface area contributed by atoms with E-state index in [2.05, 4.69) is 31.0 Å². The lowest BCUT2D eigenvalue weighted by atomic mass is 9.87. The van der Waals surface area contributed by atoms with Crippen molar-refractivity contribution in [3.63, 3.8) is 0 Å². The fourth-order valence-corrected chi connectivity index (χ4v) is 3.44. The van der Waals surface area contributed by atoms with E-state index in [1.54, 1.807) is 0 Å². The topological polar surface area (TPSA) is 24.5 Å². The fourth-order valence-electron chi connectivity index (χ4n) is 3.44. The Morgan fingerprint density at radius 3 is 2.47 bits per heavy atom. The summed E-state index contributed by atoms with van der Waals surface area (Å²) in [5.41, 5.74) is 0.929. The highest BCUT2D eigenvalue weighted by atomic mass is 16.5. The van der Waals surface area contributed by atoms with Gasteiger partial charge >= 0.3 is 0 Å². The minimum Gasteiger partial charge on any atom is -0.385 e. The summed E-state index contributed by atoms with van der Waals surface area (Å²) >= 11 is 0. The molecule has 0 radical (unpaired) electrons. The molecule has 3 nitrogen and oxygen atoms in total. The second kappa shape index (κ2) is 6.11. The number of methoxy groups -OCH3 is 1. The molecule has 3 heteroatoms. The molecule has 2 fully saturated rings. The molecule has 0 spiro atoms. The predicted octanol–water partition coefficient (Wildman–Crippen LogP) is 2.66. The van der Waals surface area contributed by atoms with E-state index in [0.717, 1.165) is 13.2 Å². The van der Waals surface area contributed by atoms with Crippen LogP contribution in [0, 0.1) is 5.41 Å². The van der Waals surface area contributed by atoms with Gasteiger partial charge in [0.1, 0.15) is 0 Å². The van der Waals surface area contributed by atoms with Crippen molar-refractivity contribution >= 4 is 0 Å². The molecular formula is C16H32N2O. The van der Waals surface area contributed by atoms with Gasteiger partial charge < -0.3 is 10.1 Å². The molecule has 0 aromatic heterocycles. The van der Waals surface area contributed by atoms with Crippen molar-refractivity contribution in [2.75, 3.05) is 33.4 Å². The first-order valence-corrected chi connectivity index (χ1v) is 8.07. The molecule has 2 aliphatic rings. The molecule has 1 N–H and O–H groups in total. The van der Waals surface area contributed by atoms with Gasteiger partial charge in [-0.3, -0.25) is 4.90 Å². The molecule has 2 rings (SSSR count). The Hall–Kier alpha value is -0.120. The van der Waals surface area contributed by atoms with Crippen LogP contribution in [-0.4, -0.2) is 49.8 Å². The summed E-state index contributed by atoms with van der Waals surface area (Å²) in [5.74, 6) is 0. The Labute approximate surface area is 119 Å². The molecule has 0 aromatic rings. The Bertz CT molecular complexity index is 284. The van der Waals surface area contributed by atoms with E-state index >= 15 is 0 Å². The fraction of sp³-hybridized carbons (Fsp3) is 1.00. The Balaban J connectivity index is 1.94. The van der Waals surface area contributed by atoms with Gasteiger partial charge in [0, 0.05) is 44.9 Å². The summed E-state index contributed by atoms with van der Waals surface area (Å²) in [6.07, 6.45) is 6.51. The van der Waals surface area contributed by atoms with Crippen molar-refractivity contribution in [2.24, 2.45) is 5.41 Å². The lowest BCUT2D eigenvalue weighted by molar-refractivity contribution is 0.0551. The molecule has 0 aromatic carbocycles. The van der Waals surface area contributed by atoms with Crippen LogP contribution in [0.5, 0.6) is 0 Å². The average Bonchev–Trinajstić information content (AvgIpc) is 3.20. The summed E-state index contributed by atoms with van der Waals surface area (Å²) in [5, 5.41) is 3.79. The van der Waals surface area contributed by atoms with Gasteiger partial charge in [0.25, 0.3) is 0 Å². The SMILES string of the molecule is CCC1(CC)CN(CC2(CCOC)CC2)C(C)CN1. The van der Waals surface area contributed by atoms with E-state index in [1.165, 1.54) is 45.2 Å². The lowest BCUT2D eigenvalue weighted by Crippen LogP contribution is -2.63. The zero-order chi connectivity index (χ0) is 13.9. The minimum atomic E-state index is 0.351. The zero-order valence-corrected chi connectivity index (χ0v) is 13.3. The van der Waals surface area contributed by atoms with Crippen LogP contribution in [0.15, 0.2) is 0 Å². The summed E-state index contributed by atoms with van der Waals surface area (Å²) in [6, 6.07) is 0.672. The van der Waals surface area contributed by atoms with E-state index in [0.29, 0.717) is 17.0 Å². The number of hydrogen-bond acceptors (Lipinski definition) is 3. The Morgan fingerprint density at radius 2 is 1.95 bits per heavy atom. The number of piperazine rings is 1. The predicted molar refractivity (Wildman–Crippen MR) is 80.5 cm³/mol. The van der Waals surface area contributed by atoms with Crippen LogP contribution in [-0.2, 0) is 4.74 Å². The van der Waals surface area contributed by atoms with Crippen molar-refractivity contribution in [3.05, 3.63) is 0 Å². The summed E-state index contributed by atoms with van der Waals surface area (Å²) in [6.45, 7) is 11.6. The van der Waals surface area contributed by atoms with E-state index < -0.39 is 0 Å². The molecule has 1 aliphatic heterocycles. The molecule has 1 saturated carbocycles. The smallest absolute Gasteiger partial charge is 0.0468 e. The van der Waals surface area contributed by atoms with E-state index in [9.17, 15) is 0 Å². The van der Waals surface area contributed by atoms with Crippen LogP contribution in [0.25, 0.3) is 0 Å². The van der Waals surface area contributed by atoms with Gasteiger partial charge in [-0.25, -0.2) is 0 Å². The number of ether oxygens (including phenoxy) is 1. The van der Waals surface area contributed by atoms with Gasteiger partial charge in [0.2, 0.25) is 0 Å². The second-order valence-corrected chi connectivity index (χ2v) is 6.87. The monoisotopic (exact) mass is 268 g/mol. The molecule has 0 bridgehead atoms. The van der Waals surface area contributed by atoms with E-state index in [4.69, 9.17) is 4.74 Å². The van der Waals surface area contributed by atoms with Crippen LogP contribution < -0.4 is 5.32 Å². The van der Waals surface area contributed by atoms with E-state index in [1.807, 2.05) is 7.11 Å². The third-order valence-corrected chi connectivity index (χ3v) is 5.59. The highest BCUT2D eigenvalue weighted by Gasteiger charge is 2.46. The molecule has 1 atom stereocenters. The highest BCUT2D eigenvalue weighted by molar-refractivity contribution is 5.01. The van der Waals surface area contributed by atoms with Gasteiger partial charge in [-0.1, -0.05) is 13.8 Å². The zero-order valence-electron chi connectivity index (χ0n) is 13.3. The molecule has 1 unspecified atom stereocenters. The van der Waals surface area contributed by atoms with Crippen molar-refractivity contribution in [1.29, 1.82) is 0 Å². The van der Waals surface area contributed by atoms with Crippen molar-refractivity contribution in [3.8, 4) is 0 Å². The highest BCUT2D eigenvalue weighted by Crippen LogP contribution is 2.50. The number of nitrogens with one attached hydrogen (secondary N) is 1. The van der Waals surface area contributed by atoms with Crippen LogP contribution >= 0.6 is 0 Å². The quantitative estimate of drug-likeness (QED) is 0.768. The van der Waals surface area contributed by atoms with Crippen LogP contribution in [0.2, 0.25) is 0 Å². The molecular weight excluding hydrogens is 236 g/mol. The maximum atomic E-state index is 5.29. The van der Waals surface area contributed by atoms with E-state index in [-0.39, 0.29) is 0 Å². The van der Waals surface area contributed by atoms with Crippen LogP contribution in [0.4, 0.5) is 0 Å². The molecule has 0 amide bonds. The van der Waals surface area contributed by atoms with Crippen molar-refractivity contribution in [1.82, 2.24) is 10.2 Å². The standard InChI is InChI=1S/C16H32N2O/c1-5-16(6-2)13-18(14(3)11-17-16)12-15(7-8-15)9-10-19-4/h14,17H,5-13H2,1-4H3. The maximum Gasteiger partial charge on any atom is 0.0468 e. The normalized spacial score (nSPS) is 29.4. The second-order valence-electron chi connectivity index (χ2n) is 6.87. The summed E-state index contributed by atoms with van der Waals surface area (Å²) < 4.78 is 5.29. The van der Waals surface area contributed by atoms with Gasteiger partial charge in [-0.15, -0.1) is 0 Å². The van der Waals surface area contributed by atoms with Gasteiger partial charge in [0.15, 0.2) is 0 Å². The van der Waals surface area contributed by atoms with Crippen molar-refractivity contribution < 1.29 is 4.74 Å².